The smallest absolute Gasteiger partial charge is 0.186 e. The first-order chi connectivity index (χ1) is 6.41. The van der Waals surface area contributed by atoms with Gasteiger partial charge in [-0.3, -0.25) is 0 Å². The van der Waals surface area contributed by atoms with Gasteiger partial charge in [-0.2, -0.15) is 22.8 Å². The highest BCUT2D eigenvalue weighted by atomic mass is 127. The summed E-state index contributed by atoms with van der Waals surface area (Å²) in [6, 6.07) is 5.18. The number of hydrogen-bond acceptors (Lipinski definition) is 2. The van der Waals surface area contributed by atoms with Gasteiger partial charge >= 0.3 is 12.3 Å². The molecule has 6 heteroatoms. The maximum atomic E-state index is 12.0. The van der Waals surface area contributed by atoms with Gasteiger partial charge < -0.3 is 0 Å². The number of benzene rings is 1. The molecule has 1 aromatic rings. The van der Waals surface area contributed by atoms with Crippen molar-refractivity contribution < 1.29 is 22.8 Å². The van der Waals surface area contributed by atoms with E-state index in [0.717, 1.165) is 12.1 Å². The predicted molar refractivity (Wildman–Crippen MR) is 49.2 cm³/mol. The molecular formula is C8H4F3IO2. The van der Waals surface area contributed by atoms with E-state index in [-0.39, 0.29) is 6.15 Å². The summed E-state index contributed by atoms with van der Waals surface area (Å²) < 4.78 is 36.5. The lowest BCUT2D eigenvalue weighted by molar-refractivity contribution is -0.191. The SMILES string of the molecule is FC(F)(F)c1cccc(I)c1.O=C=O. The summed E-state index contributed by atoms with van der Waals surface area (Å²) in [5, 5.41) is 0. The zero-order chi connectivity index (χ0) is 11.2. The van der Waals surface area contributed by atoms with Gasteiger partial charge in [-0.1, -0.05) is 6.07 Å². The molecular weight excluding hydrogens is 312 g/mol. The molecule has 0 heterocycles. The third-order valence-electron chi connectivity index (χ3n) is 1.15. The average Bonchev–Trinajstić information content (AvgIpc) is 2.04. The van der Waals surface area contributed by atoms with Gasteiger partial charge in [0.25, 0.3) is 0 Å². The van der Waals surface area contributed by atoms with Gasteiger partial charge in [-0.25, -0.2) is 0 Å². The van der Waals surface area contributed by atoms with E-state index in [0.29, 0.717) is 3.57 Å². The third kappa shape index (κ3) is 4.98. The molecule has 0 saturated carbocycles. The normalized spacial score (nSPS) is 9.71. The molecule has 0 aliphatic carbocycles. The summed E-state index contributed by atoms with van der Waals surface area (Å²) in [6.45, 7) is 0. The zero-order valence-electron chi connectivity index (χ0n) is 6.64. The highest BCUT2D eigenvalue weighted by molar-refractivity contribution is 14.1. The van der Waals surface area contributed by atoms with E-state index in [9.17, 15) is 13.2 Å². The largest absolute Gasteiger partial charge is 0.416 e. The van der Waals surface area contributed by atoms with E-state index in [4.69, 9.17) is 9.59 Å². The highest BCUT2D eigenvalue weighted by Gasteiger charge is 2.30. The predicted octanol–water partition coefficient (Wildman–Crippen LogP) is 2.73. The molecule has 0 N–H and O–H groups in total. The standard InChI is InChI=1S/C7H4F3I.CO2/c8-7(9,10)5-2-1-3-6(11)4-5;2-1-3/h1-4H;. The number of rotatable bonds is 0. The third-order valence-corrected chi connectivity index (χ3v) is 1.82. The summed E-state index contributed by atoms with van der Waals surface area (Å²) in [7, 11) is 0. The van der Waals surface area contributed by atoms with Gasteiger partial charge in [0.15, 0.2) is 0 Å². The molecule has 0 spiro atoms. The fourth-order valence-corrected chi connectivity index (χ4v) is 1.21. The molecule has 0 amide bonds. The lowest BCUT2D eigenvalue weighted by Gasteiger charge is -2.05. The Bertz CT molecular complexity index is 330. The van der Waals surface area contributed by atoms with Crippen LogP contribution in [0.15, 0.2) is 24.3 Å². The second kappa shape index (κ2) is 5.77. The zero-order valence-corrected chi connectivity index (χ0v) is 8.80. The van der Waals surface area contributed by atoms with Crippen molar-refractivity contribution in [1.82, 2.24) is 0 Å². The average molecular weight is 316 g/mol. The minimum atomic E-state index is -4.22. The Morgan fingerprint density at radius 1 is 1.21 bits per heavy atom. The van der Waals surface area contributed by atoms with E-state index in [1.807, 2.05) is 22.6 Å². The first kappa shape index (κ1) is 13.1. The number of hydrogen-bond donors (Lipinski definition) is 0. The van der Waals surface area contributed by atoms with Crippen LogP contribution in [0.3, 0.4) is 0 Å². The molecule has 0 aliphatic rings. The van der Waals surface area contributed by atoms with E-state index < -0.39 is 11.7 Å². The monoisotopic (exact) mass is 316 g/mol. The topological polar surface area (TPSA) is 34.1 Å². The van der Waals surface area contributed by atoms with Crippen molar-refractivity contribution in [3.63, 3.8) is 0 Å². The van der Waals surface area contributed by atoms with E-state index in [2.05, 4.69) is 0 Å². The van der Waals surface area contributed by atoms with E-state index in [1.165, 1.54) is 6.07 Å². The van der Waals surface area contributed by atoms with Crippen molar-refractivity contribution >= 4 is 28.7 Å². The van der Waals surface area contributed by atoms with Gasteiger partial charge in [0.1, 0.15) is 0 Å². The molecule has 0 fully saturated rings. The van der Waals surface area contributed by atoms with Gasteiger partial charge in [-0.15, -0.1) is 0 Å². The quantitative estimate of drug-likeness (QED) is 0.690. The second-order valence-corrected chi connectivity index (χ2v) is 3.34. The Morgan fingerprint density at radius 3 is 2.00 bits per heavy atom. The molecule has 1 aromatic carbocycles. The Kier molecular flexibility index (Phi) is 5.40. The number of halogens is 4. The Labute approximate surface area is 91.2 Å². The first-order valence-corrected chi connectivity index (χ1v) is 4.31. The number of alkyl halides is 3. The van der Waals surface area contributed by atoms with Gasteiger partial charge in [0.05, 0.1) is 5.56 Å². The summed E-state index contributed by atoms with van der Waals surface area (Å²) in [6.07, 6.45) is -3.97. The molecule has 1 rings (SSSR count). The minimum absolute atomic E-state index is 0.250. The lowest BCUT2D eigenvalue weighted by atomic mass is 10.2. The second-order valence-electron chi connectivity index (χ2n) is 2.09. The molecule has 0 atom stereocenters. The van der Waals surface area contributed by atoms with Crippen molar-refractivity contribution in [2.24, 2.45) is 0 Å². The van der Waals surface area contributed by atoms with Crippen molar-refractivity contribution in [2.75, 3.05) is 0 Å². The molecule has 0 aliphatic heterocycles. The van der Waals surface area contributed by atoms with Crippen molar-refractivity contribution in [2.45, 2.75) is 6.18 Å². The maximum absolute atomic E-state index is 12.0. The van der Waals surface area contributed by atoms with Crippen LogP contribution in [0.4, 0.5) is 13.2 Å². The van der Waals surface area contributed by atoms with Crippen molar-refractivity contribution in [3.05, 3.63) is 33.4 Å². The minimum Gasteiger partial charge on any atom is -0.186 e. The van der Waals surface area contributed by atoms with Gasteiger partial charge in [-0.05, 0) is 40.8 Å². The molecule has 2 nitrogen and oxygen atoms in total. The van der Waals surface area contributed by atoms with Crippen LogP contribution in [0.25, 0.3) is 0 Å². The van der Waals surface area contributed by atoms with Crippen LogP contribution in [0.5, 0.6) is 0 Å². The highest BCUT2D eigenvalue weighted by Crippen LogP contribution is 2.29. The Hall–Kier alpha value is -0.880. The van der Waals surface area contributed by atoms with Crippen LogP contribution in [0, 0.1) is 3.57 Å². The maximum Gasteiger partial charge on any atom is 0.416 e. The molecule has 0 unspecified atom stereocenters. The summed E-state index contributed by atoms with van der Waals surface area (Å²) in [5.74, 6) is 0. The molecule has 0 aromatic heterocycles. The number of carbonyl (C=O) groups excluding carboxylic acids is 2. The van der Waals surface area contributed by atoms with Gasteiger partial charge in [0.2, 0.25) is 0 Å². The van der Waals surface area contributed by atoms with Crippen LogP contribution in [-0.2, 0) is 15.8 Å². The summed E-state index contributed by atoms with van der Waals surface area (Å²) in [4.78, 5) is 16.2. The van der Waals surface area contributed by atoms with Crippen LogP contribution >= 0.6 is 22.6 Å². The van der Waals surface area contributed by atoms with Crippen LogP contribution in [0.1, 0.15) is 5.56 Å². The molecule has 0 radical (unpaired) electrons. The summed E-state index contributed by atoms with van der Waals surface area (Å²) >= 11 is 1.85. The summed E-state index contributed by atoms with van der Waals surface area (Å²) in [5.41, 5.74) is -0.593. The van der Waals surface area contributed by atoms with Crippen LogP contribution < -0.4 is 0 Å². The molecule has 0 saturated heterocycles. The fourth-order valence-electron chi connectivity index (χ4n) is 0.665. The van der Waals surface area contributed by atoms with E-state index in [1.54, 1.807) is 6.07 Å². The Morgan fingerprint density at radius 2 is 1.71 bits per heavy atom. The first-order valence-electron chi connectivity index (χ1n) is 3.24. The van der Waals surface area contributed by atoms with Crippen molar-refractivity contribution in [1.29, 1.82) is 0 Å². The Balaban J connectivity index is 0.000000500. The van der Waals surface area contributed by atoms with Crippen molar-refractivity contribution in [3.8, 4) is 0 Å². The van der Waals surface area contributed by atoms with E-state index >= 15 is 0 Å². The van der Waals surface area contributed by atoms with Crippen LogP contribution in [0.2, 0.25) is 0 Å². The molecule has 0 bridgehead atoms. The molecule has 76 valence electrons. The fraction of sp³-hybridized carbons (Fsp3) is 0.125. The lowest BCUT2D eigenvalue weighted by Crippen LogP contribution is -2.04. The van der Waals surface area contributed by atoms with Crippen LogP contribution in [-0.4, -0.2) is 6.15 Å². The molecule has 14 heavy (non-hydrogen) atoms. The van der Waals surface area contributed by atoms with Gasteiger partial charge in [0, 0.05) is 3.57 Å².